The molecule has 5 nitrogen and oxygen atoms in total. The summed E-state index contributed by atoms with van der Waals surface area (Å²) in [6.45, 7) is 6.47. The van der Waals surface area contributed by atoms with Gasteiger partial charge < -0.3 is 9.84 Å². The Morgan fingerprint density at radius 2 is 1.84 bits per heavy atom. The van der Waals surface area contributed by atoms with E-state index >= 15 is 0 Å². The maximum atomic E-state index is 5.35. The van der Waals surface area contributed by atoms with Crippen molar-refractivity contribution in [2.75, 3.05) is 7.05 Å². The van der Waals surface area contributed by atoms with Gasteiger partial charge in [0.15, 0.2) is 5.82 Å². The van der Waals surface area contributed by atoms with Gasteiger partial charge in [-0.15, -0.1) is 23.7 Å². The van der Waals surface area contributed by atoms with Gasteiger partial charge in [-0.3, -0.25) is 0 Å². The molecule has 1 atom stereocenters. The van der Waals surface area contributed by atoms with Crippen LogP contribution in [0.1, 0.15) is 38.1 Å². The molecule has 0 fully saturated rings. The minimum Gasteiger partial charge on any atom is -0.332 e. The quantitative estimate of drug-likeness (QED) is 0.681. The molecule has 0 aliphatic heterocycles. The van der Waals surface area contributed by atoms with Gasteiger partial charge in [-0.25, -0.2) is 4.98 Å². The van der Waals surface area contributed by atoms with Crippen LogP contribution in [-0.4, -0.2) is 28.2 Å². The van der Waals surface area contributed by atoms with Crippen LogP contribution in [0.4, 0.5) is 0 Å². The number of nitrogens with zero attached hydrogens (tertiary/aromatic N) is 3. The van der Waals surface area contributed by atoms with Crippen molar-refractivity contribution in [2.45, 2.75) is 39.2 Å². The molecule has 0 aliphatic carbocycles. The van der Waals surface area contributed by atoms with Crippen molar-refractivity contribution < 1.29 is 4.52 Å². The molecule has 1 N–H and O–H groups in total. The van der Waals surface area contributed by atoms with E-state index in [1.54, 1.807) is 11.3 Å². The highest BCUT2D eigenvalue weighted by Crippen LogP contribution is 2.29. The SMILES string of the molecule is CNC(C)Cc1noc(-c2csc(-c3ccc(C(C)C)cc3)n2)n1.Cl. The zero-order valence-electron chi connectivity index (χ0n) is 14.8. The first-order valence-corrected chi connectivity index (χ1v) is 9.01. The van der Waals surface area contributed by atoms with Crippen molar-refractivity contribution in [3.63, 3.8) is 0 Å². The highest BCUT2D eigenvalue weighted by molar-refractivity contribution is 7.13. The Kier molecular flexibility index (Phi) is 6.70. The Labute approximate surface area is 158 Å². The lowest BCUT2D eigenvalue weighted by Crippen LogP contribution is -2.24. The molecule has 0 saturated heterocycles. The summed E-state index contributed by atoms with van der Waals surface area (Å²) in [5.41, 5.74) is 3.17. The van der Waals surface area contributed by atoms with Gasteiger partial charge in [-0.1, -0.05) is 43.3 Å². The van der Waals surface area contributed by atoms with Crippen LogP contribution in [0, 0.1) is 0 Å². The molecule has 0 radical (unpaired) electrons. The molecular formula is C18H23ClN4OS. The molecule has 0 aliphatic rings. The molecule has 1 aromatic carbocycles. The number of hydrogen-bond acceptors (Lipinski definition) is 6. The second-order valence-electron chi connectivity index (χ2n) is 6.22. The second kappa shape index (κ2) is 8.56. The number of aromatic nitrogens is 3. The van der Waals surface area contributed by atoms with Gasteiger partial charge in [0.05, 0.1) is 0 Å². The molecule has 134 valence electrons. The van der Waals surface area contributed by atoms with E-state index in [0.717, 1.165) is 22.7 Å². The highest BCUT2D eigenvalue weighted by Gasteiger charge is 2.15. The van der Waals surface area contributed by atoms with Crippen LogP contribution in [-0.2, 0) is 6.42 Å². The van der Waals surface area contributed by atoms with Crippen molar-refractivity contribution in [1.82, 2.24) is 20.4 Å². The van der Waals surface area contributed by atoms with E-state index in [9.17, 15) is 0 Å². The third-order valence-corrected chi connectivity index (χ3v) is 4.89. The molecule has 0 amide bonds. The fourth-order valence-corrected chi connectivity index (χ4v) is 3.13. The lowest BCUT2D eigenvalue weighted by atomic mass is 10.0. The van der Waals surface area contributed by atoms with E-state index < -0.39 is 0 Å². The van der Waals surface area contributed by atoms with E-state index in [1.807, 2.05) is 12.4 Å². The highest BCUT2D eigenvalue weighted by atomic mass is 35.5. The monoisotopic (exact) mass is 378 g/mol. The zero-order valence-corrected chi connectivity index (χ0v) is 16.4. The third kappa shape index (κ3) is 4.66. The second-order valence-corrected chi connectivity index (χ2v) is 7.08. The van der Waals surface area contributed by atoms with E-state index in [0.29, 0.717) is 23.7 Å². The minimum absolute atomic E-state index is 0. The number of likely N-dealkylation sites (N-methyl/N-ethyl adjacent to an activating group) is 1. The van der Waals surface area contributed by atoms with Crippen LogP contribution < -0.4 is 5.32 Å². The van der Waals surface area contributed by atoms with E-state index in [4.69, 9.17) is 4.52 Å². The van der Waals surface area contributed by atoms with Gasteiger partial charge in [-0.2, -0.15) is 4.98 Å². The van der Waals surface area contributed by atoms with Gasteiger partial charge >= 0.3 is 0 Å². The maximum absolute atomic E-state index is 5.35. The Hall–Kier alpha value is -1.76. The molecule has 3 aromatic rings. The Morgan fingerprint density at radius 3 is 2.48 bits per heavy atom. The number of hydrogen-bond donors (Lipinski definition) is 1. The predicted octanol–water partition coefficient (Wildman–Crippen LogP) is 4.56. The van der Waals surface area contributed by atoms with Crippen LogP contribution in [0.3, 0.4) is 0 Å². The van der Waals surface area contributed by atoms with Gasteiger partial charge in [-0.05, 0) is 25.5 Å². The Bertz CT molecular complexity index is 798. The fraction of sp³-hybridized carbons (Fsp3) is 0.389. The van der Waals surface area contributed by atoms with Crippen LogP contribution in [0.25, 0.3) is 22.2 Å². The summed E-state index contributed by atoms with van der Waals surface area (Å²) in [5, 5.41) is 10.1. The first-order valence-electron chi connectivity index (χ1n) is 8.13. The summed E-state index contributed by atoms with van der Waals surface area (Å²) >= 11 is 1.59. The molecule has 0 spiro atoms. The lowest BCUT2D eigenvalue weighted by Gasteiger charge is -2.05. The fourth-order valence-electron chi connectivity index (χ4n) is 2.33. The van der Waals surface area contributed by atoms with E-state index in [1.165, 1.54) is 5.56 Å². The largest absolute Gasteiger partial charge is 0.332 e. The first-order chi connectivity index (χ1) is 11.6. The molecule has 2 heterocycles. The number of halogens is 1. The average molecular weight is 379 g/mol. The van der Waals surface area contributed by atoms with Gasteiger partial charge in [0.25, 0.3) is 5.89 Å². The molecular weight excluding hydrogens is 356 g/mol. The van der Waals surface area contributed by atoms with Crippen LogP contribution >= 0.6 is 23.7 Å². The molecule has 1 unspecified atom stereocenters. The standard InChI is InChI=1S/C18H22N4OS.ClH/c1-11(2)13-5-7-14(8-6-13)18-20-15(10-24-18)17-21-16(22-23-17)9-12(3)19-4;/h5-8,10-12,19H,9H2,1-4H3;1H. The molecule has 0 saturated carbocycles. The molecule has 0 bridgehead atoms. The average Bonchev–Trinajstić information content (AvgIpc) is 3.24. The first kappa shape index (κ1) is 19.6. The van der Waals surface area contributed by atoms with Crippen LogP contribution in [0.2, 0.25) is 0 Å². The Morgan fingerprint density at radius 1 is 1.12 bits per heavy atom. The van der Waals surface area contributed by atoms with Gasteiger partial charge in [0.1, 0.15) is 10.7 Å². The lowest BCUT2D eigenvalue weighted by molar-refractivity contribution is 0.417. The van der Waals surface area contributed by atoms with Crippen molar-refractivity contribution in [1.29, 1.82) is 0 Å². The number of nitrogens with one attached hydrogen (secondary N) is 1. The van der Waals surface area contributed by atoms with Gasteiger partial charge in [0.2, 0.25) is 0 Å². The summed E-state index contributed by atoms with van der Waals surface area (Å²) in [6.07, 6.45) is 0.730. The maximum Gasteiger partial charge on any atom is 0.277 e. The predicted molar refractivity (Wildman–Crippen MR) is 104 cm³/mol. The van der Waals surface area contributed by atoms with Crippen LogP contribution in [0.5, 0.6) is 0 Å². The number of benzene rings is 1. The molecule has 3 rings (SSSR count). The smallest absolute Gasteiger partial charge is 0.277 e. The summed E-state index contributed by atoms with van der Waals surface area (Å²) in [4.78, 5) is 9.08. The van der Waals surface area contributed by atoms with Crippen molar-refractivity contribution in [3.8, 4) is 22.2 Å². The van der Waals surface area contributed by atoms with Gasteiger partial charge in [0, 0.05) is 23.4 Å². The van der Waals surface area contributed by atoms with Crippen molar-refractivity contribution in [3.05, 3.63) is 41.0 Å². The molecule has 25 heavy (non-hydrogen) atoms. The summed E-state index contributed by atoms with van der Waals surface area (Å²) in [6, 6.07) is 8.86. The zero-order chi connectivity index (χ0) is 17.1. The normalized spacial score (nSPS) is 12.2. The van der Waals surface area contributed by atoms with E-state index in [-0.39, 0.29) is 12.4 Å². The summed E-state index contributed by atoms with van der Waals surface area (Å²) in [7, 11) is 1.92. The van der Waals surface area contributed by atoms with Crippen LogP contribution in [0.15, 0.2) is 34.2 Å². The minimum atomic E-state index is 0. The summed E-state index contributed by atoms with van der Waals surface area (Å²) < 4.78 is 5.35. The Balaban J connectivity index is 0.00000225. The van der Waals surface area contributed by atoms with E-state index in [2.05, 4.69) is 65.5 Å². The number of rotatable bonds is 6. The molecule has 2 aromatic heterocycles. The summed E-state index contributed by atoms with van der Waals surface area (Å²) in [5.74, 6) is 1.71. The number of thiazole rings is 1. The topological polar surface area (TPSA) is 63.8 Å². The third-order valence-electron chi connectivity index (χ3n) is 4.00. The van der Waals surface area contributed by atoms with Crippen molar-refractivity contribution in [2.24, 2.45) is 0 Å². The van der Waals surface area contributed by atoms with Crippen molar-refractivity contribution >= 4 is 23.7 Å². The molecule has 7 heteroatoms.